The van der Waals surface area contributed by atoms with Gasteiger partial charge in [0.25, 0.3) is 5.69 Å². The van der Waals surface area contributed by atoms with Gasteiger partial charge in [0.1, 0.15) is 11.4 Å². The molecule has 5 heteroatoms. The van der Waals surface area contributed by atoms with Crippen molar-refractivity contribution in [3.63, 3.8) is 0 Å². The van der Waals surface area contributed by atoms with Crippen LogP contribution >= 0.6 is 0 Å². The third-order valence-corrected chi connectivity index (χ3v) is 4.49. The first-order valence-electron chi connectivity index (χ1n) is 7.15. The lowest BCUT2D eigenvalue weighted by Crippen LogP contribution is -2.25. The predicted molar refractivity (Wildman–Crippen MR) is 79.2 cm³/mol. The fourth-order valence-corrected chi connectivity index (χ4v) is 3.14. The van der Waals surface area contributed by atoms with Crippen LogP contribution in [-0.2, 0) is 0 Å². The molecule has 0 bridgehead atoms. The largest absolute Gasteiger partial charge is 0.496 e. The standard InChI is InChI=1S/C15H22N2O3/c1-4-11-5-7-13(10(11)2)16-14-8-6-12(20-3)9-15(14)17(18)19/h6,8-11,13,16H,4-5,7H2,1-3H3. The van der Waals surface area contributed by atoms with E-state index in [1.807, 2.05) is 0 Å². The molecule has 3 unspecified atom stereocenters. The molecule has 5 nitrogen and oxygen atoms in total. The molecule has 2 rings (SSSR count). The number of benzene rings is 1. The summed E-state index contributed by atoms with van der Waals surface area (Å²) in [5, 5.41) is 14.5. The summed E-state index contributed by atoms with van der Waals surface area (Å²) >= 11 is 0. The average molecular weight is 278 g/mol. The minimum absolute atomic E-state index is 0.0801. The van der Waals surface area contributed by atoms with Gasteiger partial charge in [-0.15, -0.1) is 0 Å². The minimum atomic E-state index is -0.359. The lowest BCUT2D eigenvalue weighted by Gasteiger charge is -2.22. The number of nitro groups is 1. The van der Waals surface area contributed by atoms with E-state index in [1.165, 1.54) is 26.0 Å². The van der Waals surface area contributed by atoms with Crippen LogP contribution in [0.3, 0.4) is 0 Å². The Bertz CT molecular complexity index is 490. The summed E-state index contributed by atoms with van der Waals surface area (Å²) < 4.78 is 5.05. The first kappa shape index (κ1) is 14.6. The molecule has 1 aliphatic rings. The van der Waals surface area contributed by atoms with Gasteiger partial charge in [-0.3, -0.25) is 10.1 Å². The number of ether oxygens (including phenoxy) is 1. The Balaban J connectivity index is 2.19. The van der Waals surface area contributed by atoms with Crippen molar-refractivity contribution >= 4 is 11.4 Å². The van der Waals surface area contributed by atoms with E-state index >= 15 is 0 Å². The summed E-state index contributed by atoms with van der Waals surface area (Å²) in [6, 6.07) is 5.28. The van der Waals surface area contributed by atoms with Crippen molar-refractivity contribution < 1.29 is 9.66 Å². The van der Waals surface area contributed by atoms with Gasteiger partial charge in [0.2, 0.25) is 0 Å². The first-order valence-corrected chi connectivity index (χ1v) is 7.15. The molecular formula is C15H22N2O3. The highest BCUT2D eigenvalue weighted by atomic mass is 16.6. The van der Waals surface area contributed by atoms with E-state index in [2.05, 4.69) is 19.2 Å². The summed E-state index contributed by atoms with van der Waals surface area (Å²) in [6.45, 7) is 4.44. The molecule has 0 amide bonds. The fraction of sp³-hybridized carbons (Fsp3) is 0.600. The van der Waals surface area contributed by atoms with Crippen molar-refractivity contribution in [3.8, 4) is 5.75 Å². The lowest BCUT2D eigenvalue weighted by molar-refractivity contribution is -0.384. The van der Waals surface area contributed by atoms with Gasteiger partial charge in [0.05, 0.1) is 18.1 Å². The van der Waals surface area contributed by atoms with Crippen LogP contribution in [0.25, 0.3) is 0 Å². The SMILES string of the molecule is CCC1CCC(Nc2ccc(OC)cc2[N+](=O)[O-])C1C. The monoisotopic (exact) mass is 278 g/mol. The quantitative estimate of drug-likeness (QED) is 0.656. The van der Waals surface area contributed by atoms with Crippen molar-refractivity contribution in [2.24, 2.45) is 11.8 Å². The molecule has 0 aliphatic heterocycles. The fourth-order valence-electron chi connectivity index (χ4n) is 3.14. The Labute approximate surface area is 119 Å². The Morgan fingerprint density at radius 2 is 2.20 bits per heavy atom. The van der Waals surface area contributed by atoms with E-state index in [9.17, 15) is 10.1 Å². The van der Waals surface area contributed by atoms with E-state index in [1.54, 1.807) is 12.1 Å². The van der Waals surface area contributed by atoms with Crippen LogP contribution in [0.4, 0.5) is 11.4 Å². The number of hydrogen-bond donors (Lipinski definition) is 1. The Morgan fingerprint density at radius 1 is 1.45 bits per heavy atom. The van der Waals surface area contributed by atoms with E-state index in [-0.39, 0.29) is 10.6 Å². The van der Waals surface area contributed by atoms with Crippen LogP contribution in [0, 0.1) is 22.0 Å². The molecule has 0 saturated heterocycles. The van der Waals surface area contributed by atoms with E-state index < -0.39 is 0 Å². The third-order valence-electron chi connectivity index (χ3n) is 4.49. The molecular weight excluding hydrogens is 256 g/mol. The van der Waals surface area contributed by atoms with Gasteiger partial charge < -0.3 is 10.1 Å². The van der Waals surface area contributed by atoms with Gasteiger partial charge in [-0.2, -0.15) is 0 Å². The van der Waals surface area contributed by atoms with Crippen molar-refractivity contribution in [3.05, 3.63) is 28.3 Å². The van der Waals surface area contributed by atoms with Crippen LogP contribution in [0.5, 0.6) is 5.75 Å². The predicted octanol–water partition coefficient (Wildman–Crippen LogP) is 3.84. The molecule has 1 aromatic rings. The minimum Gasteiger partial charge on any atom is -0.496 e. The summed E-state index contributed by atoms with van der Waals surface area (Å²) in [5.74, 6) is 1.76. The van der Waals surface area contributed by atoms with E-state index in [0.717, 1.165) is 6.42 Å². The first-order chi connectivity index (χ1) is 9.56. The number of anilines is 1. The number of nitrogens with one attached hydrogen (secondary N) is 1. The number of hydrogen-bond acceptors (Lipinski definition) is 4. The summed E-state index contributed by atoms with van der Waals surface area (Å²) in [6.07, 6.45) is 3.44. The summed E-state index contributed by atoms with van der Waals surface area (Å²) in [7, 11) is 1.51. The maximum atomic E-state index is 11.2. The maximum Gasteiger partial charge on any atom is 0.296 e. The second kappa shape index (κ2) is 6.11. The molecule has 20 heavy (non-hydrogen) atoms. The number of nitrogens with zero attached hydrogens (tertiary/aromatic N) is 1. The molecule has 0 aromatic heterocycles. The smallest absolute Gasteiger partial charge is 0.296 e. The summed E-state index contributed by atoms with van der Waals surface area (Å²) in [4.78, 5) is 10.8. The van der Waals surface area contributed by atoms with Crippen LogP contribution in [0.2, 0.25) is 0 Å². The second-order valence-corrected chi connectivity index (χ2v) is 5.50. The Morgan fingerprint density at radius 3 is 2.75 bits per heavy atom. The highest BCUT2D eigenvalue weighted by Crippen LogP contribution is 2.38. The highest BCUT2D eigenvalue weighted by Gasteiger charge is 2.32. The maximum absolute atomic E-state index is 11.2. The van der Waals surface area contributed by atoms with Crippen LogP contribution in [0.1, 0.15) is 33.1 Å². The third kappa shape index (κ3) is 2.86. The van der Waals surface area contributed by atoms with Crippen LogP contribution in [0.15, 0.2) is 18.2 Å². The van der Waals surface area contributed by atoms with Gasteiger partial charge in [-0.25, -0.2) is 0 Å². The van der Waals surface area contributed by atoms with Crippen molar-refractivity contribution in [2.75, 3.05) is 12.4 Å². The topological polar surface area (TPSA) is 64.4 Å². The number of rotatable bonds is 5. The van der Waals surface area contributed by atoms with Gasteiger partial charge in [0, 0.05) is 6.04 Å². The molecule has 1 aromatic carbocycles. The molecule has 1 saturated carbocycles. The van der Waals surface area contributed by atoms with Gasteiger partial charge >= 0.3 is 0 Å². The second-order valence-electron chi connectivity index (χ2n) is 5.50. The number of nitro benzene ring substituents is 1. The van der Waals surface area contributed by atoms with Crippen LogP contribution < -0.4 is 10.1 Å². The highest BCUT2D eigenvalue weighted by molar-refractivity contribution is 5.64. The zero-order chi connectivity index (χ0) is 14.7. The van der Waals surface area contributed by atoms with Gasteiger partial charge in [-0.05, 0) is 36.8 Å². The van der Waals surface area contributed by atoms with Crippen molar-refractivity contribution in [1.82, 2.24) is 0 Å². The van der Waals surface area contributed by atoms with Gasteiger partial charge in [0.15, 0.2) is 0 Å². The molecule has 1 fully saturated rings. The van der Waals surface area contributed by atoms with Crippen molar-refractivity contribution in [1.29, 1.82) is 0 Å². The lowest BCUT2D eigenvalue weighted by atomic mass is 9.93. The molecule has 0 heterocycles. The van der Waals surface area contributed by atoms with Crippen LogP contribution in [-0.4, -0.2) is 18.1 Å². The zero-order valence-corrected chi connectivity index (χ0v) is 12.3. The molecule has 0 spiro atoms. The average Bonchev–Trinajstić information content (AvgIpc) is 2.79. The van der Waals surface area contributed by atoms with Gasteiger partial charge in [-0.1, -0.05) is 20.3 Å². The molecule has 3 atom stereocenters. The normalized spacial score (nSPS) is 25.4. The summed E-state index contributed by atoms with van der Waals surface area (Å²) in [5.41, 5.74) is 0.668. The molecule has 0 radical (unpaired) electrons. The molecule has 1 N–H and O–H groups in total. The molecule has 110 valence electrons. The molecule has 1 aliphatic carbocycles. The number of methoxy groups -OCH3 is 1. The van der Waals surface area contributed by atoms with E-state index in [4.69, 9.17) is 4.74 Å². The van der Waals surface area contributed by atoms with E-state index in [0.29, 0.717) is 29.3 Å². The Kier molecular flexibility index (Phi) is 4.47. The van der Waals surface area contributed by atoms with Crippen molar-refractivity contribution in [2.45, 2.75) is 39.2 Å². The zero-order valence-electron chi connectivity index (χ0n) is 12.3. The Hall–Kier alpha value is -1.78.